The monoisotopic (exact) mass is 295 g/mol. The molecule has 0 aromatic heterocycles. The summed E-state index contributed by atoms with van der Waals surface area (Å²) >= 11 is 0. The molecule has 0 radical (unpaired) electrons. The molecule has 3 atom stereocenters. The first-order valence-electron chi connectivity index (χ1n) is 8.29. The van der Waals surface area contributed by atoms with Gasteiger partial charge in [-0.3, -0.25) is 4.90 Å². The zero-order valence-corrected chi connectivity index (χ0v) is 13.2. The van der Waals surface area contributed by atoms with Gasteiger partial charge in [-0.05, 0) is 30.9 Å². The van der Waals surface area contributed by atoms with E-state index in [9.17, 15) is 5.11 Å². The van der Waals surface area contributed by atoms with Crippen LogP contribution in [0.5, 0.6) is 0 Å². The summed E-state index contributed by atoms with van der Waals surface area (Å²) in [6.45, 7) is 2.46. The molecule has 3 rings (SSSR count). The molecular weight excluding hydrogens is 270 g/mol. The highest BCUT2D eigenvalue weighted by Gasteiger charge is 2.34. The van der Waals surface area contributed by atoms with Crippen LogP contribution in [0, 0.1) is 0 Å². The number of aliphatic hydroxyl groups is 1. The SMILES string of the molecule is C[C@H]1CCC[C@@H](c2ccccc2)N1[C@@H](CO)c1ccccc1. The fourth-order valence-electron chi connectivity index (χ4n) is 3.80. The van der Waals surface area contributed by atoms with Gasteiger partial charge in [0.25, 0.3) is 0 Å². The summed E-state index contributed by atoms with van der Waals surface area (Å²) in [6.07, 6.45) is 3.62. The number of likely N-dealkylation sites (tertiary alicyclic amines) is 1. The third kappa shape index (κ3) is 3.08. The van der Waals surface area contributed by atoms with E-state index in [0.717, 1.165) is 6.42 Å². The Hall–Kier alpha value is -1.64. The van der Waals surface area contributed by atoms with E-state index in [2.05, 4.69) is 66.4 Å². The van der Waals surface area contributed by atoms with Crippen LogP contribution in [-0.2, 0) is 0 Å². The maximum atomic E-state index is 10.1. The number of hydrogen-bond acceptors (Lipinski definition) is 2. The largest absolute Gasteiger partial charge is 0.394 e. The summed E-state index contributed by atoms with van der Waals surface area (Å²) in [6, 6.07) is 22.1. The molecule has 0 amide bonds. The van der Waals surface area contributed by atoms with E-state index in [1.54, 1.807) is 0 Å². The fraction of sp³-hybridized carbons (Fsp3) is 0.400. The quantitative estimate of drug-likeness (QED) is 0.907. The number of rotatable bonds is 4. The van der Waals surface area contributed by atoms with E-state index in [1.165, 1.54) is 24.0 Å². The molecule has 0 saturated carbocycles. The van der Waals surface area contributed by atoms with Crippen molar-refractivity contribution < 1.29 is 5.11 Å². The van der Waals surface area contributed by atoms with E-state index >= 15 is 0 Å². The zero-order chi connectivity index (χ0) is 15.4. The molecule has 0 aliphatic carbocycles. The van der Waals surface area contributed by atoms with Gasteiger partial charge in [0, 0.05) is 12.1 Å². The van der Waals surface area contributed by atoms with E-state index in [-0.39, 0.29) is 12.6 Å². The molecule has 1 aliphatic heterocycles. The first-order valence-corrected chi connectivity index (χ1v) is 8.29. The lowest BCUT2D eigenvalue weighted by atomic mass is 9.88. The van der Waals surface area contributed by atoms with Crippen LogP contribution in [0.1, 0.15) is 49.4 Å². The summed E-state index contributed by atoms with van der Waals surface area (Å²) in [5.74, 6) is 0. The van der Waals surface area contributed by atoms with Crippen LogP contribution in [0.15, 0.2) is 60.7 Å². The maximum Gasteiger partial charge on any atom is 0.0628 e. The Bertz CT molecular complexity index is 527. The van der Waals surface area contributed by atoms with E-state index in [0.29, 0.717) is 12.1 Å². The van der Waals surface area contributed by atoms with Crippen molar-refractivity contribution in [2.24, 2.45) is 0 Å². The molecule has 0 bridgehead atoms. The van der Waals surface area contributed by atoms with Gasteiger partial charge >= 0.3 is 0 Å². The Kier molecular flexibility index (Phi) is 4.91. The van der Waals surface area contributed by atoms with Gasteiger partial charge in [0.1, 0.15) is 0 Å². The predicted octanol–water partition coefficient (Wildman–Crippen LogP) is 4.34. The van der Waals surface area contributed by atoms with Crippen molar-refractivity contribution in [3.8, 4) is 0 Å². The third-order valence-electron chi connectivity index (χ3n) is 4.87. The molecule has 0 spiro atoms. The summed E-state index contributed by atoms with van der Waals surface area (Å²) < 4.78 is 0. The van der Waals surface area contributed by atoms with Crippen molar-refractivity contribution in [2.45, 2.75) is 44.3 Å². The van der Waals surface area contributed by atoms with Crippen LogP contribution in [0.3, 0.4) is 0 Å². The van der Waals surface area contributed by atoms with Gasteiger partial charge in [0.2, 0.25) is 0 Å². The average molecular weight is 295 g/mol. The average Bonchev–Trinajstić information content (AvgIpc) is 2.59. The van der Waals surface area contributed by atoms with Gasteiger partial charge < -0.3 is 5.11 Å². The summed E-state index contributed by atoms with van der Waals surface area (Å²) in [7, 11) is 0. The Morgan fingerprint density at radius 2 is 1.64 bits per heavy atom. The molecule has 1 fully saturated rings. The molecule has 1 heterocycles. The van der Waals surface area contributed by atoms with E-state index in [4.69, 9.17) is 0 Å². The van der Waals surface area contributed by atoms with Gasteiger partial charge in [0.15, 0.2) is 0 Å². The van der Waals surface area contributed by atoms with Gasteiger partial charge in [-0.1, -0.05) is 67.1 Å². The molecule has 1 saturated heterocycles. The lowest BCUT2D eigenvalue weighted by Crippen LogP contribution is -2.43. The normalized spacial score (nSPS) is 24.1. The van der Waals surface area contributed by atoms with Crippen molar-refractivity contribution in [1.82, 2.24) is 4.90 Å². The Morgan fingerprint density at radius 3 is 2.27 bits per heavy atom. The second-order valence-electron chi connectivity index (χ2n) is 6.26. The second kappa shape index (κ2) is 7.08. The third-order valence-corrected chi connectivity index (χ3v) is 4.87. The highest BCUT2D eigenvalue weighted by Crippen LogP contribution is 2.40. The molecule has 2 aromatic rings. The van der Waals surface area contributed by atoms with Gasteiger partial charge in [-0.2, -0.15) is 0 Å². The Labute approximate surface area is 133 Å². The van der Waals surface area contributed by atoms with Crippen molar-refractivity contribution in [3.63, 3.8) is 0 Å². The van der Waals surface area contributed by atoms with Crippen LogP contribution in [0.4, 0.5) is 0 Å². The molecule has 1 aliphatic rings. The van der Waals surface area contributed by atoms with Gasteiger partial charge in [0.05, 0.1) is 12.6 Å². The van der Waals surface area contributed by atoms with Crippen molar-refractivity contribution in [2.75, 3.05) is 6.61 Å². The number of aliphatic hydroxyl groups excluding tert-OH is 1. The second-order valence-corrected chi connectivity index (χ2v) is 6.26. The minimum Gasteiger partial charge on any atom is -0.394 e. The van der Waals surface area contributed by atoms with Crippen molar-refractivity contribution >= 4 is 0 Å². The summed E-state index contributed by atoms with van der Waals surface area (Å²) in [5.41, 5.74) is 2.57. The summed E-state index contributed by atoms with van der Waals surface area (Å²) in [5, 5.41) is 10.1. The maximum absolute atomic E-state index is 10.1. The topological polar surface area (TPSA) is 23.5 Å². The zero-order valence-electron chi connectivity index (χ0n) is 13.2. The molecule has 2 nitrogen and oxygen atoms in total. The standard InChI is InChI=1S/C20H25NO/c1-16-9-8-14-19(17-10-4-2-5-11-17)21(16)20(15-22)18-12-6-3-7-13-18/h2-7,10-13,16,19-20,22H,8-9,14-15H2,1H3/t16-,19-,20-/m0/s1. The number of hydrogen-bond donors (Lipinski definition) is 1. The van der Waals surface area contributed by atoms with E-state index in [1.807, 2.05) is 6.07 Å². The van der Waals surface area contributed by atoms with Crippen LogP contribution >= 0.6 is 0 Å². The lowest BCUT2D eigenvalue weighted by molar-refractivity contribution is 0.0164. The Morgan fingerprint density at radius 1 is 1.00 bits per heavy atom. The smallest absolute Gasteiger partial charge is 0.0628 e. The molecule has 116 valence electrons. The summed E-state index contributed by atoms with van der Waals surface area (Å²) in [4.78, 5) is 2.52. The van der Waals surface area contributed by atoms with E-state index < -0.39 is 0 Å². The van der Waals surface area contributed by atoms with Crippen LogP contribution < -0.4 is 0 Å². The molecule has 1 N–H and O–H groups in total. The van der Waals surface area contributed by atoms with Crippen molar-refractivity contribution in [3.05, 3.63) is 71.8 Å². The number of nitrogens with zero attached hydrogens (tertiary/aromatic N) is 1. The fourth-order valence-corrected chi connectivity index (χ4v) is 3.80. The lowest BCUT2D eigenvalue weighted by Gasteiger charge is -2.45. The highest BCUT2D eigenvalue weighted by molar-refractivity contribution is 5.24. The van der Waals surface area contributed by atoms with Gasteiger partial charge in [-0.15, -0.1) is 0 Å². The highest BCUT2D eigenvalue weighted by atomic mass is 16.3. The van der Waals surface area contributed by atoms with Gasteiger partial charge in [-0.25, -0.2) is 0 Å². The number of piperidine rings is 1. The molecule has 22 heavy (non-hydrogen) atoms. The first kappa shape index (κ1) is 15.3. The molecule has 2 heteroatoms. The minimum absolute atomic E-state index is 0.0710. The Balaban J connectivity index is 1.95. The minimum atomic E-state index is 0.0710. The molecule has 2 aromatic carbocycles. The van der Waals surface area contributed by atoms with Crippen LogP contribution in [0.25, 0.3) is 0 Å². The number of benzene rings is 2. The van der Waals surface area contributed by atoms with Crippen molar-refractivity contribution in [1.29, 1.82) is 0 Å². The first-order chi connectivity index (χ1) is 10.8. The molecular formula is C20H25NO. The van der Waals surface area contributed by atoms with Crippen LogP contribution in [0.2, 0.25) is 0 Å². The van der Waals surface area contributed by atoms with Crippen LogP contribution in [-0.4, -0.2) is 22.7 Å². The predicted molar refractivity (Wildman–Crippen MR) is 90.6 cm³/mol. The molecule has 0 unspecified atom stereocenters.